The van der Waals surface area contributed by atoms with Crippen LogP contribution in [0.2, 0.25) is 5.02 Å². The molecule has 1 aliphatic heterocycles. The molecule has 1 saturated heterocycles. The Labute approximate surface area is 216 Å². The van der Waals surface area contributed by atoms with Gasteiger partial charge in [-0.05, 0) is 30.3 Å². The number of morpholine rings is 1. The molecule has 0 spiro atoms. The second-order valence-electron chi connectivity index (χ2n) is 8.13. The van der Waals surface area contributed by atoms with Gasteiger partial charge in [-0.2, -0.15) is 26.3 Å². The summed E-state index contributed by atoms with van der Waals surface area (Å²) >= 11 is 7.27. The van der Waals surface area contributed by atoms with E-state index in [-0.39, 0.29) is 17.7 Å². The first kappa shape index (κ1) is 27.4. The number of anilines is 1. The van der Waals surface area contributed by atoms with E-state index in [0.29, 0.717) is 66.0 Å². The highest BCUT2D eigenvalue weighted by Gasteiger charge is 2.38. The highest BCUT2D eigenvalue weighted by Crippen LogP contribution is 2.40. The van der Waals surface area contributed by atoms with E-state index < -0.39 is 35.0 Å². The van der Waals surface area contributed by atoms with Crippen LogP contribution in [0.3, 0.4) is 0 Å². The SMILES string of the molecule is COc1ccc(Cl)c2sc(N(CCN3CCOCC3)C(=O)c3cc(C(F)(F)F)cc(C(F)(F)F)c3)nc12. The van der Waals surface area contributed by atoms with Gasteiger partial charge in [-0.1, -0.05) is 22.9 Å². The summed E-state index contributed by atoms with van der Waals surface area (Å²) in [5, 5.41) is 0.365. The Morgan fingerprint density at radius 2 is 1.73 bits per heavy atom. The van der Waals surface area contributed by atoms with Crippen molar-refractivity contribution in [3.05, 3.63) is 52.0 Å². The lowest BCUT2D eigenvalue weighted by Gasteiger charge is -2.29. The summed E-state index contributed by atoms with van der Waals surface area (Å²) in [5.74, 6) is -0.708. The Balaban J connectivity index is 1.79. The molecule has 1 aliphatic rings. The van der Waals surface area contributed by atoms with Gasteiger partial charge in [0.15, 0.2) is 5.13 Å². The third-order valence-corrected chi connectivity index (χ3v) is 7.26. The van der Waals surface area contributed by atoms with Crippen molar-refractivity contribution < 1.29 is 40.6 Å². The van der Waals surface area contributed by atoms with Gasteiger partial charge in [0.05, 0.1) is 41.2 Å². The van der Waals surface area contributed by atoms with E-state index in [4.69, 9.17) is 21.1 Å². The Kier molecular flexibility index (Phi) is 7.88. The summed E-state index contributed by atoms with van der Waals surface area (Å²) < 4.78 is 91.6. The maximum Gasteiger partial charge on any atom is 0.416 e. The predicted octanol–water partition coefficient (Wildman–Crippen LogP) is 5.97. The van der Waals surface area contributed by atoms with Crippen LogP contribution in [0.5, 0.6) is 5.75 Å². The number of carbonyl (C=O) groups is 1. The molecule has 4 rings (SSSR count). The first-order valence-electron chi connectivity index (χ1n) is 10.9. The second kappa shape index (κ2) is 10.6. The molecule has 1 fully saturated rings. The molecule has 6 nitrogen and oxygen atoms in total. The van der Waals surface area contributed by atoms with Gasteiger partial charge in [0.1, 0.15) is 11.3 Å². The number of thiazole rings is 1. The number of ether oxygens (including phenoxy) is 2. The van der Waals surface area contributed by atoms with Crippen molar-refractivity contribution in [3.8, 4) is 5.75 Å². The standard InChI is InChI=1S/C23H20ClF6N3O3S/c1-35-17-3-2-16(24)19-18(17)31-21(37-19)33(5-4-32-6-8-36-9-7-32)20(34)13-10-14(22(25,26)27)12-15(11-13)23(28,29)30/h2-3,10-12H,4-9H2,1H3. The molecule has 14 heteroatoms. The summed E-state index contributed by atoms with van der Waals surface area (Å²) in [7, 11) is 1.41. The number of nitrogens with zero attached hydrogens (tertiary/aromatic N) is 3. The van der Waals surface area contributed by atoms with Crippen LogP contribution in [-0.4, -0.2) is 62.3 Å². The average Bonchev–Trinajstić information content (AvgIpc) is 3.30. The number of carbonyl (C=O) groups excluding carboxylic acids is 1. The number of hydrogen-bond acceptors (Lipinski definition) is 6. The Hall–Kier alpha value is -2.61. The van der Waals surface area contributed by atoms with Gasteiger partial charge >= 0.3 is 12.4 Å². The van der Waals surface area contributed by atoms with Gasteiger partial charge in [-0.3, -0.25) is 14.6 Å². The molecular weight excluding hydrogens is 548 g/mol. The van der Waals surface area contributed by atoms with Crippen molar-refractivity contribution in [2.45, 2.75) is 12.4 Å². The maximum absolute atomic E-state index is 13.5. The normalized spacial score (nSPS) is 15.2. The summed E-state index contributed by atoms with van der Waals surface area (Å²) in [6.07, 6.45) is -10.2. The maximum atomic E-state index is 13.5. The topological polar surface area (TPSA) is 54.9 Å². The van der Waals surface area contributed by atoms with Gasteiger partial charge in [-0.25, -0.2) is 4.98 Å². The van der Waals surface area contributed by atoms with Crippen molar-refractivity contribution in [2.24, 2.45) is 0 Å². The number of fused-ring (bicyclic) bond motifs is 1. The molecular formula is C23H20ClF6N3O3S. The highest BCUT2D eigenvalue weighted by molar-refractivity contribution is 7.23. The van der Waals surface area contributed by atoms with E-state index in [2.05, 4.69) is 4.98 Å². The van der Waals surface area contributed by atoms with Crippen molar-refractivity contribution in [1.29, 1.82) is 0 Å². The molecule has 0 bridgehead atoms. The van der Waals surface area contributed by atoms with Gasteiger partial charge in [0.25, 0.3) is 5.91 Å². The largest absolute Gasteiger partial charge is 0.494 e. The van der Waals surface area contributed by atoms with E-state index >= 15 is 0 Å². The van der Waals surface area contributed by atoms with Crippen LogP contribution in [0.25, 0.3) is 10.2 Å². The highest BCUT2D eigenvalue weighted by atomic mass is 35.5. The fourth-order valence-electron chi connectivity index (χ4n) is 3.81. The van der Waals surface area contributed by atoms with Crippen LogP contribution < -0.4 is 9.64 Å². The third kappa shape index (κ3) is 6.11. The zero-order valence-corrected chi connectivity index (χ0v) is 20.8. The zero-order chi connectivity index (χ0) is 27.0. The number of hydrogen-bond donors (Lipinski definition) is 0. The van der Waals surface area contributed by atoms with Crippen molar-refractivity contribution in [3.63, 3.8) is 0 Å². The van der Waals surface area contributed by atoms with E-state index in [9.17, 15) is 31.1 Å². The molecule has 1 amide bonds. The van der Waals surface area contributed by atoms with Crippen LogP contribution >= 0.6 is 22.9 Å². The van der Waals surface area contributed by atoms with E-state index in [1.54, 1.807) is 12.1 Å². The van der Waals surface area contributed by atoms with Gasteiger partial charge < -0.3 is 9.47 Å². The molecule has 3 aromatic rings. The van der Waals surface area contributed by atoms with Crippen LogP contribution in [0.15, 0.2) is 30.3 Å². The minimum atomic E-state index is -5.09. The number of rotatable bonds is 6. The average molecular weight is 568 g/mol. The molecule has 0 atom stereocenters. The molecule has 200 valence electrons. The lowest BCUT2D eigenvalue weighted by molar-refractivity contribution is -0.143. The van der Waals surface area contributed by atoms with Crippen molar-refractivity contribution >= 4 is 44.2 Å². The molecule has 0 N–H and O–H groups in total. The first-order chi connectivity index (χ1) is 17.4. The van der Waals surface area contributed by atoms with Crippen molar-refractivity contribution in [2.75, 3.05) is 51.4 Å². The Morgan fingerprint density at radius 3 is 2.30 bits per heavy atom. The summed E-state index contributed by atoms with van der Waals surface area (Å²) in [5.41, 5.74) is -3.60. The van der Waals surface area contributed by atoms with Gasteiger partial charge in [0.2, 0.25) is 0 Å². The summed E-state index contributed by atoms with van der Waals surface area (Å²) in [4.78, 5) is 21.0. The third-order valence-electron chi connectivity index (χ3n) is 5.72. The minimum Gasteiger partial charge on any atom is -0.494 e. The molecule has 37 heavy (non-hydrogen) atoms. The van der Waals surface area contributed by atoms with Gasteiger partial charge in [-0.15, -0.1) is 0 Å². The van der Waals surface area contributed by atoms with E-state index in [1.807, 2.05) is 4.90 Å². The Bertz CT molecular complexity index is 1260. The summed E-state index contributed by atoms with van der Waals surface area (Å²) in [6, 6.07) is 3.95. The second-order valence-corrected chi connectivity index (χ2v) is 9.51. The van der Waals surface area contributed by atoms with E-state index in [1.165, 1.54) is 7.11 Å². The molecule has 0 saturated carbocycles. The first-order valence-corrected chi connectivity index (χ1v) is 12.1. The molecule has 2 heterocycles. The van der Waals surface area contributed by atoms with Crippen LogP contribution in [0.4, 0.5) is 31.5 Å². The number of alkyl halides is 6. The zero-order valence-electron chi connectivity index (χ0n) is 19.2. The fraction of sp³-hybridized carbons (Fsp3) is 0.391. The van der Waals surface area contributed by atoms with Crippen LogP contribution in [-0.2, 0) is 17.1 Å². The van der Waals surface area contributed by atoms with Crippen LogP contribution in [0.1, 0.15) is 21.5 Å². The van der Waals surface area contributed by atoms with Crippen molar-refractivity contribution in [1.82, 2.24) is 9.88 Å². The van der Waals surface area contributed by atoms with Gasteiger partial charge in [0, 0.05) is 31.7 Å². The number of halogens is 7. The number of methoxy groups -OCH3 is 1. The monoisotopic (exact) mass is 567 g/mol. The molecule has 0 radical (unpaired) electrons. The molecule has 2 aromatic carbocycles. The molecule has 0 unspecified atom stereocenters. The lowest BCUT2D eigenvalue weighted by Crippen LogP contribution is -2.43. The summed E-state index contributed by atoms with van der Waals surface area (Å²) in [6.45, 7) is 2.29. The fourth-order valence-corrected chi connectivity index (χ4v) is 5.09. The lowest BCUT2D eigenvalue weighted by atomic mass is 10.0. The molecule has 1 aromatic heterocycles. The number of aromatic nitrogens is 1. The molecule has 0 aliphatic carbocycles. The van der Waals surface area contributed by atoms with Crippen LogP contribution in [0, 0.1) is 0 Å². The minimum absolute atomic E-state index is 0.0167. The predicted molar refractivity (Wildman–Crippen MR) is 127 cm³/mol. The van der Waals surface area contributed by atoms with E-state index in [0.717, 1.165) is 16.2 Å². The Morgan fingerprint density at radius 1 is 1.11 bits per heavy atom. The quantitative estimate of drug-likeness (QED) is 0.343. The number of benzene rings is 2. The number of amides is 1. The smallest absolute Gasteiger partial charge is 0.416 e.